The topological polar surface area (TPSA) is 66.8 Å². The minimum atomic E-state index is -0.805. The SMILES string of the molecule is O=C(O)[C@@H]1[C@@H]2C[C@H]1N(C(=O)OCC1c3ccccc3-c3ccccc31)C2. The van der Waals surface area contributed by atoms with Crippen LogP contribution < -0.4 is 0 Å². The first kappa shape index (κ1) is 15.4. The highest BCUT2D eigenvalue weighted by molar-refractivity contribution is 5.80. The van der Waals surface area contributed by atoms with Gasteiger partial charge in [0.15, 0.2) is 0 Å². The van der Waals surface area contributed by atoms with E-state index in [1.165, 1.54) is 22.3 Å². The van der Waals surface area contributed by atoms with Crippen molar-refractivity contribution in [3.8, 4) is 11.1 Å². The van der Waals surface area contributed by atoms with E-state index in [1.807, 2.05) is 24.3 Å². The van der Waals surface area contributed by atoms with Gasteiger partial charge in [-0.25, -0.2) is 4.79 Å². The van der Waals surface area contributed by atoms with E-state index < -0.39 is 11.9 Å². The van der Waals surface area contributed by atoms with E-state index in [2.05, 4.69) is 24.3 Å². The van der Waals surface area contributed by atoms with Gasteiger partial charge >= 0.3 is 12.1 Å². The Morgan fingerprint density at radius 3 is 2.23 bits per heavy atom. The van der Waals surface area contributed by atoms with E-state index in [9.17, 15) is 14.7 Å². The van der Waals surface area contributed by atoms with Crippen LogP contribution in [0.4, 0.5) is 4.79 Å². The molecule has 0 unspecified atom stereocenters. The first-order valence-corrected chi connectivity index (χ1v) is 8.99. The van der Waals surface area contributed by atoms with E-state index in [0.29, 0.717) is 6.54 Å². The summed E-state index contributed by atoms with van der Waals surface area (Å²) in [5.74, 6) is -1.12. The second-order valence-electron chi connectivity index (χ2n) is 7.38. The molecule has 5 nitrogen and oxygen atoms in total. The molecule has 2 heterocycles. The van der Waals surface area contributed by atoms with Crippen molar-refractivity contribution in [3.63, 3.8) is 0 Å². The Balaban J connectivity index is 1.33. The average Bonchev–Trinajstić information content (AvgIpc) is 3.30. The van der Waals surface area contributed by atoms with Crippen LogP contribution in [0.15, 0.2) is 48.5 Å². The third kappa shape index (κ3) is 2.09. The zero-order valence-corrected chi connectivity index (χ0v) is 14.2. The smallest absolute Gasteiger partial charge is 0.410 e. The van der Waals surface area contributed by atoms with Gasteiger partial charge < -0.3 is 14.7 Å². The molecular formula is C21H19NO4. The quantitative estimate of drug-likeness (QED) is 0.923. The molecule has 5 heteroatoms. The van der Waals surface area contributed by atoms with E-state index in [-0.39, 0.29) is 30.6 Å². The molecule has 3 atom stereocenters. The third-order valence-electron chi connectivity index (χ3n) is 6.15. The van der Waals surface area contributed by atoms with Gasteiger partial charge in [-0.15, -0.1) is 0 Å². The number of nitrogens with zero attached hydrogens (tertiary/aromatic N) is 1. The summed E-state index contributed by atoms with van der Waals surface area (Å²) in [7, 11) is 0. The predicted molar refractivity (Wildman–Crippen MR) is 94.8 cm³/mol. The predicted octanol–water partition coefficient (Wildman–Crippen LogP) is 3.34. The number of aliphatic carboxylic acids is 1. The summed E-state index contributed by atoms with van der Waals surface area (Å²) in [6, 6.07) is 16.2. The molecule has 2 aromatic carbocycles. The van der Waals surface area contributed by atoms with Crippen LogP contribution in [0.5, 0.6) is 0 Å². The summed E-state index contributed by atoms with van der Waals surface area (Å²) in [5, 5.41) is 9.26. The van der Waals surface area contributed by atoms with Crippen molar-refractivity contribution in [3.05, 3.63) is 59.7 Å². The number of fused-ring (bicyclic) bond motifs is 4. The Morgan fingerprint density at radius 2 is 1.65 bits per heavy atom. The largest absolute Gasteiger partial charge is 0.481 e. The fourth-order valence-corrected chi connectivity index (χ4v) is 4.87. The number of rotatable bonds is 3. The van der Waals surface area contributed by atoms with Gasteiger partial charge in [-0.05, 0) is 34.6 Å². The van der Waals surface area contributed by atoms with Gasteiger partial charge in [0, 0.05) is 18.5 Å². The Kier molecular flexibility index (Phi) is 3.32. The van der Waals surface area contributed by atoms with Crippen LogP contribution in [-0.2, 0) is 9.53 Å². The number of carboxylic acids is 1. The zero-order valence-electron chi connectivity index (χ0n) is 14.2. The van der Waals surface area contributed by atoms with E-state index in [4.69, 9.17) is 4.74 Å². The lowest BCUT2D eigenvalue weighted by atomic mass is 9.74. The Hall–Kier alpha value is -2.82. The van der Waals surface area contributed by atoms with Crippen molar-refractivity contribution >= 4 is 12.1 Å². The molecule has 1 amide bonds. The lowest BCUT2D eigenvalue weighted by molar-refractivity contribution is -0.147. The second kappa shape index (κ2) is 5.59. The number of carbonyl (C=O) groups excluding carboxylic acids is 1. The Labute approximate surface area is 151 Å². The number of amides is 1. The average molecular weight is 349 g/mol. The molecule has 2 aliphatic carbocycles. The molecule has 4 aliphatic rings. The summed E-state index contributed by atoms with van der Waals surface area (Å²) in [5.41, 5.74) is 4.74. The highest BCUT2D eigenvalue weighted by Gasteiger charge is 2.57. The molecule has 0 spiro atoms. The molecule has 6 rings (SSSR count). The van der Waals surface area contributed by atoms with Gasteiger partial charge in [0.1, 0.15) is 6.61 Å². The maximum absolute atomic E-state index is 12.5. The van der Waals surface area contributed by atoms with Gasteiger partial charge in [0.2, 0.25) is 0 Å². The minimum Gasteiger partial charge on any atom is -0.481 e. The minimum absolute atomic E-state index is 0.0271. The monoisotopic (exact) mass is 349 g/mol. The zero-order chi connectivity index (χ0) is 17.8. The molecular weight excluding hydrogens is 330 g/mol. The molecule has 132 valence electrons. The fourth-order valence-electron chi connectivity index (χ4n) is 4.87. The molecule has 1 saturated carbocycles. The number of hydrogen-bond donors (Lipinski definition) is 1. The van der Waals surface area contributed by atoms with Crippen molar-refractivity contribution in [2.75, 3.05) is 13.2 Å². The standard InChI is InChI=1S/C21H19NO4/c23-20(24)19-12-9-18(19)22(10-12)21(25)26-11-17-15-7-3-1-5-13(15)14-6-2-4-8-16(14)17/h1-8,12,17-19H,9-11H2,(H,23,24)/t12-,18-,19-/m1/s1. The van der Waals surface area contributed by atoms with Crippen LogP contribution in [0.25, 0.3) is 11.1 Å². The fraction of sp³-hybridized carbons (Fsp3) is 0.333. The van der Waals surface area contributed by atoms with Crippen LogP contribution >= 0.6 is 0 Å². The molecule has 0 aromatic heterocycles. The molecule has 2 saturated heterocycles. The molecule has 26 heavy (non-hydrogen) atoms. The molecule has 2 aromatic rings. The lowest BCUT2D eigenvalue weighted by Gasteiger charge is -2.32. The van der Waals surface area contributed by atoms with Crippen molar-refractivity contribution in [2.24, 2.45) is 11.8 Å². The lowest BCUT2D eigenvalue weighted by Crippen LogP contribution is -2.45. The van der Waals surface area contributed by atoms with Crippen molar-refractivity contribution in [1.29, 1.82) is 0 Å². The van der Waals surface area contributed by atoms with Gasteiger partial charge in [-0.3, -0.25) is 4.79 Å². The molecule has 3 fully saturated rings. The molecule has 2 aliphatic heterocycles. The Bertz CT molecular complexity index is 863. The van der Waals surface area contributed by atoms with Crippen molar-refractivity contribution < 1.29 is 19.4 Å². The normalized spacial score (nSPS) is 25.4. The molecule has 1 N–H and O–H groups in total. The van der Waals surface area contributed by atoms with Crippen LogP contribution in [0.2, 0.25) is 0 Å². The second-order valence-corrected chi connectivity index (χ2v) is 7.38. The number of carbonyl (C=O) groups is 2. The Morgan fingerprint density at radius 1 is 1.04 bits per heavy atom. The van der Waals surface area contributed by atoms with Gasteiger partial charge in [-0.1, -0.05) is 48.5 Å². The van der Waals surface area contributed by atoms with Crippen LogP contribution in [-0.4, -0.2) is 41.3 Å². The number of benzene rings is 2. The maximum Gasteiger partial charge on any atom is 0.410 e. The van der Waals surface area contributed by atoms with Gasteiger partial charge in [-0.2, -0.15) is 0 Å². The van der Waals surface area contributed by atoms with Crippen LogP contribution in [0.1, 0.15) is 23.5 Å². The third-order valence-corrected chi connectivity index (χ3v) is 6.15. The van der Waals surface area contributed by atoms with Crippen LogP contribution in [0, 0.1) is 11.8 Å². The number of ether oxygens (including phenoxy) is 1. The van der Waals surface area contributed by atoms with Crippen molar-refractivity contribution in [2.45, 2.75) is 18.4 Å². The number of hydrogen-bond acceptors (Lipinski definition) is 3. The highest BCUT2D eigenvalue weighted by atomic mass is 16.6. The highest BCUT2D eigenvalue weighted by Crippen LogP contribution is 2.47. The molecule has 0 radical (unpaired) electrons. The van der Waals surface area contributed by atoms with E-state index >= 15 is 0 Å². The summed E-state index contributed by atoms with van der Waals surface area (Å²) in [6.07, 6.45) is 0.393. The van der Waals surface area contributed by atoms with Gasteiger partial charge in [0.25, 0.3) is 0 Å². The molecule has 2 bridgehead atoms. The summed E-state index contributed by atoms with van der Waals surface area (Å²) in [4.78, 5) is 25.4. The van der Waals surface area contributed by atoms with E-state index in [1.54, 1.807) is 4.90 Å². The first-order chi connectivity index (χ1) is 12.6. The maximum atomic E-state index is 12.5. The van der Waals surface area contributed by atoms with E-state index in [0.717, 1.165) is 6.42 Å². The number of carboxylic acid groups (broad SMARTS) is 1. The summed E-state index contributed by atoms with van der Waals surface area (Å²) in [6.45, 7) is 0.775. The van der Waals surface area contributed by atoms with Crippen molar-refractivity contribution in [1.82, 2.24) is 4.90 Å². The first-order valence-electron chi connectivity index (χ1n) is 8.99. The van der Waals surface area contributed by atoms with Crippen LogP contribution in [0.3, 0.4) is 0 Å². The van der Waals surface area contributed by atoms with Gasteiger partial charge in [0.05, 0.1) is 5.92 Å². The summed E-state index contributed by atoms with van der Waals surface area (Å²) < 4.78 is 5.64. The summed E-state index contributed by atoms with van der Waals surface area (Å²) >= 11 is 0.